The molecule has 1 heterocycles. The van der Waals surface area contributed by atoms with Crippen LogP contribution < -0.4 is 5.73 Å². The van der Waals surface area contributed by atoms with E-state index < -0.39 is 0 Å². The molecule has 19 heavy (non-hydrogen) atoms. The van der Waals surface area contributed by atoms with Gasteiger partial charge in [0.15, 0.2) is 0 Å². The number of benzene rings is 1. The third-order valence-corrected chi connectivity index (χ3v) is 4.35. The van der Waals surface area contributed by atoms with E-state index >= 15 is 0 Å². The summed E-state index contributed by atoms with van der Waals surface area (Å²) in [4.78, 5) is 4.93. The number of pyridine rings is 1. The highest BCUT2D eigenvalue weighted by molar-refractivity contribution is 5.88. The van der Waals surface area contributed by atoms with Gasteiger partial charge in [-0.3, -0.25) is 4.98 Å². The number of aromatic nitrogens is 1. The van der Waals surface area contributed by atoms with Crippen molar-refractivity contribution in [1.29, 1.82) is 0 Å². The molecule has 1 aliphatic carbocycles. The predicted molar refractivity (Wildman–Crippen MR) is 80.5 cm³/mol. The van der Waals surface area contributed by atoms with Crippen LogP contribution in [0.3, 0.4) is 0 Å². The smallest absolute Gasteiger partial charge is 0.0740 e. The fourth-order valence-corrected chi connectivity index (χ4v) is 3.30. The van der Waals surface area contributed by atoms with Gasteiger partial charge < -0.3 is 5.73 Å². The second-order valence-electron chi connectivity index (χ2n) is 6.39. The lowest BCUT2D eigenvalue weighted by Gasteiger charge is -2.25. The summed E-state index contributed by atoms with van der Waals surface area (Å²) in [6, 6.07) is 4.39. The molecule has 0 atom stereocenters. The molecule has 1 aliphatic rings. The van der Waals surface area contributed by atoms with E-state index in [1.54, 1.807) is 0 Å². The Morgan fingerprint density at radius 2 is 1.89 bits per heavy atom. The first kappa shape index (κ1) is 12.6. The molecule has 0 radical (unpaired) electrons. The van der Waals surface area contributed by atoms with Gasteiger partial charge in [-0.2, -0.15) is 0 Å². The van der Waals surface area contributed by atoms with Crippen molar-refractivity contribution >= 4 is 10.9 Å². The topological polar surface area (TPSA) is 38.9 Å². The van der Waals surface area contributed by atoms with Crippen LogP contribution in [0.25, 0.3) is 10.9 Å². The van der Waals surface area contributed by atoms with E-state index in [2.05, 4.69) is 39.8 Å². The van der Waals surface area contributed by atoms with Crippen molar-refractivity contribution in [2.24, 2.45) is 5.73 Å². The number of hydrogen-bond donors (Lipinski definition) is 1. The van der Waals surface area contributed by atoms with Crippen LogP contribution in [-0.4, -0.2) is 4.98 Å². The quantitative estimate of drug-likeness (QED) is 0.845. The van der Waals surface area contributed by atoms with E-state index in [4.69, 9.17) is 10.7 Å². The van der Waals surface area contributed by atoms with Crippen LogP contribution in [0, 0.1) is 13.8 Å². The van der Waals surface area contributed by atoms with Crippen LogP contribution in [0.1, 0.15) is 48.2 Å². The SMILES string of the molecule is Cc1ccc2c(C(C)(C)N)c3c(nc2c1C)CCC3. The monoisotopic (exact) mass is 254 g/mol. The summed E-state index contributed by atoms with van der Waals surface area (Å²) >= 11 is 0. The Kier molecular flexibility index (Phi) is 2.68. The molecule has 0 aliphatic heterocycles. The van der Waals surface area contributed by atoms with Gasteiger partial charge >= 0.3 is 0 Å². The molecule has 0 saturated heterocycles. The first-order valence-electron chi connectivity index (χ1n) is 7.10. The fourth-order valence-electron chi connectivity index (χ4n) is 3.30. The Balaban J connectivity index is 2.48. The van der Waals surface area contributed by atoms with Crippen LogP contribution in [0.4, 0.5) is 0 Å². The van der Waals surface area contributed by atoms with Crippen molar-refractivity contribution < 1.29 is 0 Å². The van der Waals surface area contributed by atoms with Crippen LogP contribution in [-0.2, 0) is 18.4 Å². The summed E-state index contributed by atoms with van der Waals surface area (Å²) in [5.74, 6) is 0. The summed E-state index contributed by atoms with van der Waals surface area (Å²) in [5, 5.41) is 1.25. The number of rotatable bonds is 1. The molecule has 0 bridgehead atoms. The van der Waals surface area contributed by atoms with Crippen molar-refractivity contribution in [2.45, 2.75) is 52.5 Å². The van der Waals surface area contributed by atoms with E-state index in [1.165, 1.54) is 39.8 Å². The molecular weight excluding hydrogens is 232 g/mol. The van der Waals surface area contributed by atoms with Gasteiger partial charge in [-0.05, 0) is 69.2 Å². The molecule has 0 spiro atoms. The van der Waals surface area contributed by atoms with Gasteiger partial charge in [0, 0.05) is 16.6 Å². The summed E-state index contributed by atoms with van der Waals surface area (Å²) in [6.07, 6.45) is 3.43. The summed E-state index contributed by atoms with van der Waals surface area (Å²) < 4.78 is 0. The highest BCUT2D eigenvalue weighted by atomic mass is 14.8. The highest BCUT2D eigenvalue weighted by Gasteiger charge is 2.27. The van der Waals surface area contributed by atoms with Crippen molar-refractivity contribution in [2.75, 3.05) is 0 Å². The van der Waals surface area contributed by atoms with Gasteiger partial charge in [0.25, 0.3) is 0 Å². The lowest BCUT2D eigenvalue weighted by atomic mass is 9.86. The maximum Gasteiger partial charge on any atom is 0.0740 e. The summed E-state index contributed by atoms with van der Waals surface area (Å²) in [7, 11) is 0. The van der Waals surface area contributed by atoms with Crippen molar-refractivity contribution in [1.82, 2.24) is 4.98 Å². The lowest BCUT2D eigenvalue weighted by Crippen LogP contribution is -2.30. The van der Waals surface area contributed by atoms with Gasteiger partial charge in [-0.15, -0.1) is 0 Å². The van der Waals surface area contributed by atoms with Gasteiger partial charge in [0.1, 0.15) is 0 Å². The maximum atomic E-state index is 6.46. The molecule has 1 aromatic carbocycles. The Morgan fingerprint density at radius 1 is 1.16 bits per heavy atom. The normalized spacial score (nSPS) is 15.0. The standard InChI is InChI=1S/C17H22N2/c1-10-8-9-13-15(17(3,4)18)12-6-5-7-14(12)19-16(13)11(10)2/h8-9H,5-7,18H2,1-4H3. The van der Waals surface area contributed by atoms with E-state index in [1.807, 2.05) is 0 Å². The first-order chi connectivity index (χ1) is 8.89. The molecule has 2 nitrogen and oxygen atoms in total. The molecule has 1 aromatic heterocycles. The lowest BCUT2D eigenvalue weighted by molar-refractivity contribution is 0.553. The number of aryl methyl sites for hydroxylation is 3. The molecule has 2 aromatic rings. The largest absolute Gasteiger partial charge is 0.322 e. The van der Waals surface area contributed by atoms with Crippen LogP contribution >= 0.6 is 0 Å². The van der Waals surface area contributed by atoms with Crippen molar-refractivity contribution in [3.8, 4) is 0 Å². The van der Waals surface area contributed by atoms with Gasteiger partial charge in [0.2, 0.25) is 0 Å². The summed E-state index contributed by atoms with van der Waals surface area (Å²) in [5.41, 5.74) is 13.9. The van der Waals surface area contributed by atoms with Crippen molar-refractivity contribution in [3.05, 3.63) is 40.1 Å². The van der Waals surface area contributed by atoms with E-state index in [0.29, 0.717) is 0 Å². The zero-order chi connectivity index (χ0) is 13.8. The van der Waals surface area contributed by atoms with Crippen molar-refractivity contribution in [3.63, 3.8) is 0 Å². The molecule has 0 amide bonds. The molecule has 100 valence electrons. The van der Waals surface area contributed by atoms with E-state index in [0.717, 1.165) is 18.4 Å². The molecule has 2 heteroatoms. The second kappa shape index (κ2) is 4.04. The number of nitrogens with two attached hydrogens (primary N) is 1. The average Bonchev–Trinajstić information content (AvgIpc) is 2.77. The Morgan fingerprint density at radius 3 is 2.58 bits per heavy atom. The fraction of sp³-hybridized carbons (Fsp3) is 0.471. The number of fused-ring (bicyclic) bond motifs is 2. The maximum absolute atomic E-state index is 6.46. The number of nitrogens with zero attached hydrogens (tertiary/aromatic N) is 1. The van der Waals surface area contributed by atoms with E-state index in [-0.39, 0.29) is 5.54 Å². The van der Waals surface area contributed by atoms with E-state index in [9.17, 15) is 0 Å². The van der Waals surface area contributed by atoms with Gasteiger partial charge in [0.05, 0.1) is 5.52 Å². The molecule has 2 N–H and O–H groups in total. The molecule has 0 saturated carbocycles. The van der Waals surface area contributed by atoms with Gasteiger partial charge in [-0.1, -0.05) is 12.1 Å². The van der Waals surface area contributed by atoms with Crippen LogP contribution in [0.2, 0.25) is 0 Å². The first-order valence-corrected chi connectivity index (χ1v) is 7.10. The Labute approximate surface area is 115 Å². The minimum Gasteiger partial charge on any atom is -0.322 e. The minimum absolute atomic E-state index is 0.308. The Bertz CT molecular complexity index is 663. The molecular formula is C17H22N2. The third kappa shape index (κ3) is 1.86. The second-order valence-corrected chi connectivity index (χ2v) is 6.39. The summed E-state index contributed by atoms with van der Waals surface area (Å²) in [6.45, 7) is 8.53. The third-order valence-electron chi connectivity index (χ3n) is 4.35. The average molecular weight is 254 g/mol. The van der Waals surface area contributed by atoms with Gasteiger partial charge in [-0.25, -0.2) is 0 Å². The zero-order valence-electron chi connectivity index (χ0n) is 12.3. The highest BCUT2D eigenvalue weighted by Crippen LogP contribution is 2.36. The molecule has 0 fully saturated rings. The predicted octanol–water partition coefficient (Wildman–Crippen LogP) is 3.53. The Hall–Kier alpha value is -1.41. The molecule has 3 rings (SSSR count). The zero-order valence-corrected chi connectivity index (χ0v) is 12.3. The number of hydrogen-bond acceptors (Lipinski definition) is 2. The van der Waals surface area contributed by atoms with Crippen LogP contribution in [0.15, 0.2) is 12.1 Å². The molecule has 0 unspecified atom stereocenters. The minimum atomic E-state index is -0.308. The van der Waals surface area contributed by atoms with Crippen LogP contribution in [0.5, 0.6) is 0 Å².